The van der Waals surface area contributed by atoms with E-state index < -0.39 is 0 Å². The van der Waals surface area contributed by atoms with Crippen molar-refractivity contribution in [2.75, 3.05) is 0 Å². The molecule has 3 heteroatoms. The molecule has 0 saturated carbocycles. The summed E-state index contributed by atoms with van der Waals surface area (Å²) in [5, 5.41) is 28.3. The summed E-state index contributed by atoms with van der Waals surface area (Å²) in [6, 6.07) is 11.0. The van der Waals surface area contributed by atoms with Crippen molar-refractivity contribution in [1.82, 2.24) is 0 Å². The molecule has 0 aromatic heterocycles. The van der Waals surface area contributed by atoms with Gasteiger partial charge in [-0.3, -0.25) is 0 Å². The van der Waals surface area contributed by atoms with Crippen LogP contribution in [0.4, 0.5) is 0 Å². The molecule has 3 N–H and O–H groups in total. The molecule has 0 heterocycles. The van der Waals surface area contributed by atoms with Crippen LogP contribution < -0.4 is 0 Å². The van der Waals surface area contributed by atoms with E-state index in [0.29, 0.717) is 11.1 Å². The molecule has 2 aromatic carbocycles. The fraction of sp³-hybridized carbons (Fsp3) is 0. The van der Waals surface area contributed by atoms with Gasteiger partial charge < -0.3 is 15.3 Å². The number of phenols is 3. The van der Waals surface area contributed by atoms with Crippen LogP contribution in [0, 0.1) is 0 Å². The molecular formula is C12H10O3. The molecule has 76 valence electrons. The third-order valence-electron chi connectivity index (χ3n) is 2.18. The highest BCUT2D eigenvalue weighted by molar-refractivity contribution is 5.75. The van der Waals surface area contributed by atoms with Gasteiger partial charge in [0.25, 0.3) is 0 Å². The Labute approximate surface area is 86.9 Å². The number of para-hydroxylation sites is 1. The molecule has 0 aliphatic rings. The summed E-state index contributed by atoms with van der Waals surface area (Å²) >= 11 is 0. The average Bonchev–Trinajstić information content (AvgIpc) is 2.20. The summed E-state index contributed by atoms with van der Waals surface area (Å²) in [6.07, 6.45) is 0. The Morgan fingerprint density at radius 1 is 0.667 bits per heavy atom. The molecule has 0 radical (unpaired) electrons. The molecule has 2 rings (SSSR count). The predicted molar refractivity (Wildman–Crippen MR) is 56.9 cm³/mol. The number of phenolic OH excluding ortho intramolecular Hbond substituents is 3. The molecule has 15 heavy (non-hydrogen) atoms. The van der Waals surface area contributed by atoms with Crippen molar-refractivity contribution in [1.29, 1.82) is 0 Å². The molecule has 0 aliphatic carbocycles. The molecule has 0 fully saturated rings. The minimum atomic E-state index is -0.0588. The Balaban J connectivity index is 2.60. The third kappa shape index (κ3) is 1.72. The summed E-state index contributed by atoms with van der Waals surface area (Å²) in [5.74, 6) is 0.0293. The zero-order valence-corrected chi connectivity index (χ0v) is 7.88. The first kappa shape index (κ1) is 9.40. The molecule has 0 saturated heterocycles. The molecule has 3 nitrogen and oxygen atoms in total. The number of hydrogen-bond acceptors (Lipinski definition) is 3. The van der Waals surface area contributed by atoms with E-state index in [9.17, 15) is 10.2 Å². The molecule has 0 spiro atoms. The molecular weight excluding hydrogens is 192 g/mol. The van der Waals surface area contributed by atoms with Crippen LogP contribution >= 0.6 is 0 Å². The van der Waals surface area contributed by atoms with Gasteiger partial charge >= 0.3 is 0 Å². The minimum Gasteiger partial charge on any atom is -0.508 e. The van der Waals surface area contributed by atoms with Gasteiger partial charge in [0.05, 0.1) is 0 Å². The van der Waals surface area contributed by atoms with Crippen LogP contribution in [0.2, 0.25) is 0 Å². The van der Waals surface area contributed by atoms with E-state index in [1.807, 2.05) is 0 Å². The van der Waals surface area contributed by atoms with Crippen molar-refractivity contribution < 1.29 is 15.3 Å². The highest BCUT2D eigenvalue weighted by Gasteiger charge is 2.08. The Morgan fingerprint density at radius 3 is 2.00 bits per heavy atom. The third-order valence-corrected chi connectivity index (χ3v) is 2.18. The van der Waals surface area contributed by atoms with Crippen LogP contribution in [0.25, 0.3) is 11.1 Å². The number of rotatable bonds is 1. The predicted octanol–water partition coefficient (Wildman–Crippen LogP) is 2.47. The van der Waals surface area contributed by atoms with Crippen molar-refractivity contribution in [2.45, 2.75) is 0 Å². The highest BCUT2D eigenvalue weighted by atomic mass is 16.3. The van der Waals surface area contributed by atoms with Crippen LogP contribution in [0.15, 0.2) is 42.5 Å². The van der Waals surface area contributed by atoms with Crippen LogP contribution in [-0.2, 0) is 0 Å². The van der Waals surface area contributed by atoms with Crippen LogP contribution in [0.5, 0.6) is 17.2 Å². The largest absolute Gasteiger partial charge is 0.508 e. The van der Waals surface area contributed by atoms with E-state index in [2.05, 4.69) is 0 Å². The topological polar surface area (TPSA) is 60.7 Å². The quantitative estimate of drug-likeness (QED) is 0.665. The maximum atomic E-state index is 9.60. The number of benzene rings is 2. The summed E-state index contributed by atoms with van der Waals surface area (Å²) in [7, 11) is 0. The first-order valence-electron chi connectivity index (χ1n) is 4.49. The smallest absolute Gasteiger partial charge is 0.127 e. The maximum Gasteiger partial charge on any atom is 0.127 e. The lowest BCUT2D eigenvalue weighted by molar-refractivity contribution is 0.450. The van der Waals surface area contributed by atoms with Crippen molar-refractivity contribution in [3.8, 4) is 28.4 Å². The zero-order valence-electron chi connectivity index (χ0n) is 7.88. The van der Waals surface area contributed by atoms with Crippen LogP contribution in [-0.4, -0.2) is 15.3 Å². The zero-order chi connectivity index (χ0) is 10.8. The molecule has 2 aromatic rings. The van der Waals surface area contributed by atoms with Gasteiger partial charge in [0, 0.05) is 17.2 Å². The SMILES string of the molecule is Oc1ccc(-c2ccccc2O)c(O)c1. The van der Waals surface area contributed by atoms with Crippen molar-refractivity contribution in [3.05, 3.63) is 42.5 Å². The van der Waals surface area contributed by atoms with Crippen molar-refractivity contribution >= 4 is 0 Å². The minimum absolute atomic E-state index is 0.00771. The second-order valence-electron chi connectivity index (χ2n) is 3.22. The van der Waals surface area contributed by atoms with Crippen molar-refractivity contribution in [3.63, 3.8) is 0 Å². The van der Waals surface area contributed by atoms with E-state index >= 15 is 0 Å². The van der Waals surface area contributed by atoms with E-state index in [1.54, 1.807) is 30.3 Å². The first-order chi connectivity index (χ1) is 7.18. The summed E-state index contributed by atoms with van der Waals surface area (Å²) in [4.78, 5) is 0. The Morgan fingerprint density at radius 2 is 1.33 bits per heavy atom. The summed E-state index contributed by atoms with van der Waals surface area (Å²) in [6.45, 7) is 0. The van der Waals surface area contributed by atoms with Crippen LogP contribution in [0.3, 0.4) is 0 Å². The summed E-state index contributed by atoms with van der Waals surface area (Å²) in [5.41, 5.74) is 1.03. The highest BCUT2D eigenvalue weighted by Crippen LogP contribution is 2.36. The molecule has 0 unspecified atom stereocenters. The van der Waals surface area contributed by atoms with E-state index in [4.69, 9.17) is 5.11 Å². The maximum absolute atomic E-state index is 9.60. The van der Waals surface area contributed by atoms with Gasteiger partial charge in [-0.15, -0.1) is 0 Å². The molecule has 0 amide bonds. The fourth-order valence-electron chi connectivity index (χ4n) is 1.45. The Hall–Kier alpha value is -2.16. The van der Waals surface area contributed by atoms with Crippen LogP contribution in [0.1, 0.15) is 0 Å². The monoisotopic (exact) mass is 202 g/mol. The standard InChI is InChI=1S/C12H10O3/c13-8-5-6-10(12(15)7-8)9-3-1-2-4-11(9)14/h1-7,13-15H. The lowest BCUT2D eigenvalue weighted by atomic mass is 10.0. The second kappa shape index (κ2) is 3.53. The normalized spacial score (nSPS) is 10.1. The van der Waals surface area contributed by atoms with E-state index in [1.165, 1.54) is 12.1 Å². The van der Waals surface area contributed by atoms with Crippen molar-refractivity contribution in [2.24, 2.45) is 0 Å². The molecule has 0 bridgehead atoms. The Bertz CT molecular complexity index is 492. The van der Waals surface area contributed by atoms with Gasteiger partial charge in [-0.05, 0) is 18.2 Å². The van der Waals surface area contributed by atoms with Gasteiger partial charge in [-0.2, -0.15) is 0 Å². The van der Waals surface area contributed by atoms with E-state index in [-0.39, 0.29) is 17.2 Å². The number of hydrogen-bond donors (Lipinski definition) is 3. The second-order valence-corrected chi connectivity index (χ2v) is 3.22. The lowest BCUT2D eigenvalue weighted by Gasteiger charge is -2.06. The van der Waals surface area contributed by atoms with Gasteiger partial charge in [0.2, 0.25) is 0 Å². The number of aromatic hydroxyl groups is 3. The summed E-state index contributed by atoms with van der Waals surface area (Å²) < 4.78 is 0. The average molecular weight is 202 g/mol. The van der Waals surface area contributed by atoms with Gasteiger partial charge in [-0.25, -0.2) is 0 Å². The Kier molecular flexibility index (Phi) is 2.21. The molecule has 0 atom stereocenters. The first-order valence-corrected chi connectivity index (χ1v) is 4.49. The lowest BCUT2D eigenvalue weighted by Crippen LogP contribution is -1.79. The fourth-order valence-corrected chi connectivity index (χ4v) is 1.45. The van der Waals surface area contributed by atoms with E-state index in [0.717, 1.165) is 0 Å². The van der Waals surface area contributed by atoms with Gasteiger partial charge in [-0.1, -0.05) is 18.2 Å². The van der Waals surface area contributed by atoms with Gasteiger partial charge in [0.1, 0.15) is 17.2 Å². The molecule has 0 aliphatic heterocycles. The van der Waals surface area contributed by atoms with Gasteiger partial charge in [0.15, 0.2) is 0 Å².